The van der Waals surface area contributed by atoms with Crippen LogP contribution in [0.5, 0.6) is 0 Å². The van der Waals surface area contributed by atoms with Gasteiger partial charge in [0.05, 0.1) is 36.1 Å². The van der Waals surface area contributed by atoms with Crippen LogP contribution < -0.4 is 5.32 Å². The fourth-order valence-electron chi connectivity index (χ4n) is 4.91. The van der Waals surface area contributed by atoms with Gasteiger partial charge < -0.3 is 15.0 Å². The van der Waals surface area contributed by atoms with E-state index in [4.69, 9.17) is 4.74 Å². The summed E-state index contributed by atoms with van der Waals surface area (Å²) in [5.74, 6) is 0.252. The molecule has 2 aromatic rings. The maximum atomic E-state index is 13.8. The van der Waals surface area contributed by atoms with E-state index in [-0.39, 0.29) is 30.5 Å². The minimum Gasteiger partial charge on any atom is -0.368 e. The third-order valence-electron chi connectivity index (χ3n) is 6.41. The van der Waals surface area contributed by atoms with Gasteiger partial charge in [-0.15, -0.1) is 17.5 Å². The molecule has 3 aliphatic rings. The normalized spacial score (nSPS) is 25.9. The molecule has 0 unspecified atom stereocenters. The predicted molar refractivity (Wildman–Crippen MR) is 106 cm³/mol. The quantitative estimate of drug-likeness (QED) is 0.826. The lowest BCUT2D eigenvalue weighted by Gasteiger charge is -2.45. The molecule has 0 aliphatic carbocycles. The Balaban J connectivity index is 0.00000192. The van der Waals surface area contributed by atoms with Crippen LogP contribution in [-0.2, 0) is 21.6 Å². The highest BCUT2D eigenvalue weighted by Gasteiger charge is 2.46. The van der Waals surface area contributed by atoms with Crippen molar-refractivity contribution in [3.8, 4) is 0 Å². The Hall–Kier alpha value is -1.96. The number of halogens is 1. The van der Waals surface area contributed by atoms with Gasteiger partial charge in [-0.2, -0.15) is 0 Å². The zero-order chi connectivity index (χ0) is 18.3. The smallest absolute Gasteiger partial charge is 0.233 e. The molecule has 1 aromatic carbocycles. The van der Waals surface area contributed by atoms with Crippen molar-refractivity contribution in [2.75, 3.05) is 26.2 Å². The molecule has 2 saturated heterocycles. The summed E-state index contributed by atoms with van der Waals surface area (Å²) in [7, 11) is 0. The molecule has 0 spiro atoms. The van der Waals surface area contributed by atoms with Crippen LogP contribution in [0.2, 0.25) is 0 Å². The first-order chi connectivity index (χ1) is 13.3. The third-order valence-corrected chi connectivity index (χ3v) is 6.41. The topological polar surface area (TPSA) is 72.3 Å². The Labute approximate surface area is 170 Å². The van der Waals surface area contributed by atoms with E-state index in [2.05, 4.69) is 27.8 Å². The van der Waals surface area contributed by atoms with Gasteiger partial charge in [-0.1, -0.05) is 35.5 Å². The molecule has 150 valence electrons. The Kier molecular flexibility index (Phi) is 5.40. The SMILES string of the molecule is Cl.O=C(N1CC[C@H]2[C@H](C1)OCc1cnnn12)C1(c2ccccc2)CCNCC1. The van der Waals surface area contributed by atoms with E-state index in [9.17, 15) is 4.79 Å². The van der Waals surface area contributed by atoms with E-state index in [1.165, 1.54) is 0 Å². The molecule has 2 fully saturated rings. The summed E-state index contributed by atoms with van der Waals surface area (Å²) in [6.45, 7) is 3.64. The molecule has 1 N–H and O–H groups in total. The number of likely N-dealkylation sites (tertiary alicyclic amines) is 1. The molecule has 28 heavy (non-hydrogen) atoms. The molecular weight excluding hydrogens is 378 g/mol. The Morgan fingerprint density at radius 1 is 1.21 bits per heavy atom. The summed E-state index contributed by atoms with van der Waals surface area (Å²) in [6, 6.07) is 10.5. The Bertz CT molecular complexity index is 821. The zero-order valence-corrected chi connectivity index (χ0v) is 16.6. The third kappa shape index (κ3) is 3.11. The van der Waals surface area contributed by atoms with Crippen molar-refractivity contribution in [3.63, 3.8) is 0 Å². The minimum atomic E-state index is -0.424. The second-order valence-corrected chi connectivity index (χ2v) is 7.82. The number of hydrogen-bond donors (Lipinski definition) is 1. The van der Waals surface area contributed by atoms with Crippen LogP contribution in [-0.4, -0.2) is 58.1 Å². The van der Waals surface area contributed by atoms with Crippen LogP contribution in [0.1, 0.15) is 36.6 Å². The molecule has 0 radical (unpaired) electrons. The highest BCUT2D eigenvalue weighted by Crippen LogP contribution is 2.38. The molecule has 7 nitrogen and oxygen atoms in total. The average Bonchev–Trinajstić information content (AvgIpc) is 3.23. The lowest BCUT2D eigenvalue weighted by Crippen LogP contribution is -2.57. The maximum Gasteiger partial charge on any atom is 0.233 e. The first-order valence-corrected chi connectivity index (χ1v) is 9.84. The van der Waals surface area contributed by atoms with Gasteiger partial charge in [-0.05, 0) is 37.9 Å². The molecule has 1 amide bonds. The number of benzene rings is 1. The number of piperidine rings is 2. The fraction of sp³-hybridized carbons (Fsp3) is 0.550. The summed E-state index contributed by atoms with van der Waals surface area (Å²) in [4.78, 5) is 15.8. The van der Waals surface area contributed by atoms with Gasteiger partial charge in [0.25, 0.3) is 0 Å². The van der Waals surface area contributed by atoms with E-state index >= 15 is 0 Å². The highest BCUT2D eigenvalue weighted by atomic mass is 35.5. The number of aromatic nitrogens is 3. The number of nitrogens with zero attached hydrogens (tertiary/aromatic N) is 4. The van der Waals surface area contributed by atoms with Crippen LogP contribution >= 0.6 is 12.4 Å². The van der Waals surface area contributed by atoms with Crippen molar-refractivity contribution in [3.05, 3.63) is 47.8 Å². The number of carbonyl (C=O) groups excluding carboxylic acids is 1. The summed E-state index contributed by atoms with van der Waals surface area (Å²) >= 11 is 0. The van der Waals surface area contributed by atoms with Crippen LogP contribution in [0, 0.1) is 0 Å². The van der Waals surface area contributed by atoms with Crippen molar-refractivity contribution in [1.29, 1.82) is 0 Å². The molecule has 8 heteroatoms. The lowest BCUT2D eigenvalue weighted by molar-refractivity contribution is -0.146. The second kappa shape index (κ2) is 7.81. The van der Waals surface area contributed by atoms with E-state index < -0.39 is 5.41 Å². The number of carbonyl (C=O) groups is 1. The van der Waals surface area contributed by atoms with Crippen molar-refractivity contribution >= 4 is 18.3 Å². The second-order valence-electron chi connectivity index (χ2n) is 7.82. The number of fused-ring (bicyclic) bond motifs is 3. The summed E-state index contributed by atoms with van der Waals surface area (Å²) in [5.41, 5.74) is 1.74. The van der Waals surface area contributed by atoms with Gasteiger partial charge in [-0.3, -0.25) is 4.79 Å². The zero-order valence-electron chi connectivity index (χ0n) is 15.8. The van der Waals surface area contributed by atoms with E-state index in [0.29, 0.717) is 13.2 Å². The molecular formula is C20H26ClN5O2. The Morgan fingerprint density at radius 3 is 2.79 bits per heavy atom. The largest absolute Gasteiger partial charge is 0.368 e. The minimum absolute atomic E-state index is 0. The molecule has 1 aromatic heterocycles. The van der Waals surface area contributed by atoms with Gasteiger partial charge in [0.15, 0.2) is 0 Å². The van der Waals surface area contributed by atoms with Gasteiger partial charge >= 0.3 is 0 Å². The van der Waals surface area contributed by atoms with Crippen LogP contribution in [0.15, 0.2) is 36.5 Å². The fourth-order valence-corrected chi connectivity index (χ4v) is 4.91. The van der Waals surface area contributed by atoms with Crippen LogP contribution in [0.3, 0.4) is 0 Å². The molecule has 3 aliphatic heterocycles. The van der Waals surface area contributed by atoms with Gasteiger partial charge in [0, 0.05) is 13.1 Å². The summed E-state index contributed by atoms with van der Waals surface area (Å²) in [6.07, 6.45) is 4.30. The van der Waals surface area contributed by atoms with Crippen molar-refractivity contribution < 1.29 is 9.53 Å². The first kappa shape index (κ1) is 19.4. The number of amides is 1. The van der Waals surface area contributed by atoms with Crippen molar-refractivity contribution in [2.24, 2.45) is 0 Å². The maximum absolute atomic E-state index is 13.8. The van der Waals surface area contributed by atoms with Crippen LogP contribution in [0.4, 0.5) is 0 Å². The van der Waals surface area contributed by atoms with E-state index in [0.717, 1.165) is 50.2 Å². The molecule has 0 bridgehead atoms. The number of ether oxygens (including phenoxy) is 1. The highest BCUT2D eigenvalue weighted by molar-refractivity contribution is 5.88. The lowest BCUT2D eigenvalue weighted by atomic mass is 9.71. The van der Waals surface area contributed by atoms with Crippen molar-refractivity contribution in [1.82, 2.24) is 25.2 Å². The average molecular weight is 404 g/mol. The van der Waals surface area contributed by atoms with E-state index in [1.807, 2.05) is 27.8 Å². The standard InChI is InChI=1S/C20H25N5O2.ClH/c26-19(20(7-9-21-10-8-20)15-4-2-1-3-5-15)24-11-6-17-18(13-24)27-14-16-12-22-23-25(16)17;/h1-5,12,17-18,21H,6-11,13-14H2;1H/t17-,18-;/m0./s1. The molecule has 2 atom stereocenters. The van der Waals surface area contributed by atoms with Gasteiger partial charge in [0.2, 0.25) is 5.91 Å². The Morgan fingerprint density at radius 2 is 2.00 bits per heavy atom. The molecule has 4 heterocycles. The van der Waals surface area contributed by atoms with Gasteiger partial charge in [-0.25, -0.2) is 4.68 Å². The van der Waals surface area contributed by atoms with Gasteiger partial charge in [0.1, 0.15) is 0 Å². The number of hydrogen-bond acceptors (Lipinski definition) is 5. The predicted octanol–water partition coefficient (Wildman–Crippen LogP) is 1.69. The van der Waals surface area contributed by atoms with Crippen molar-refractivity contribution in [2.45, 2.75) is 43.4 Å². The van der Waals surface area contributed by atoms with E-state index in [1.54, 1.807) is 6.20 Å². The monoisotopic (exact) mass is 403 g/mol. The summed E-state index contributed by atoms with van der Waals surface area (Å²) in [5, 5.41) is 11.7. The number of nitrogens with one attached hydrogen (secondary N) is 1. The molecule has 5 rings (SSSR count). The number of rotatable bonds is 2. The van der Waals surface area contributed by atoms with Crippen LogP contribution in [0.25, 0.3) is 0 Å². The first-order valence-electron chi connectivity index (χ1n) is 9.84. The molecule has 0 saturated carbocycles. The summed E-state index contributed by atoms with van der Waals surface area (Å²) < 4.78 is 8.06.